The van der Waals surface area contributed by atoms with Crippen LogP contribution >= 0.6 is 23.5 Å². The minimum absolute atomic E-state index is 0.111. The molecular weight excluding hydrogens is 446 g/mol. The molecule has 2 aromatic heterocycles. The van der Waals surface area contributed by atoms with E-state index in [9.17, 15) is 14.7 Å². The highest BCUT2D eigenvalue weighted by Crippen LogP contribution is 2.38. The molecule has 4 aromatic rings. The van der Waals surface area contributed by atoms with Crippen molar-refractivity contribution in [1.82, 2.24) is 24.8 Å². The van der Waals surface area contributed by atoms with E-state index >= 15 is 0 Å². The molecule has 0 spiro atoms. The number of carboxylic acids is 1. The fraction of sp³-hybridized carbons (Fsp3) is 0.273. The fourth-order valence-electron chi connectivity index (χ4n) is 3.45. The van der Waals surface area contributed by atoms with Gasteiger partial charge in [0.25, 0.3) is 0 Å². The predicted octanol–water partition coefficient (Wildman–Crippen LogP) is 3.68. The van der Waals surface area contributed by atoms with Gasteiger partial charge in [-0.3, -0.25) is 9.59 Å². The number of nitrogens with zero attached hydrogens (tertiary/aromatic N) is 3. The SMILES string of the molecule is CNC(=O)CC(Sc1nc2ccccc2n1C)C(CC(=O)O)Sc1nc2ccccc2[nH]1. The topological polar surface area (TPSA) is 113 Å². The number of thioether (sulfide) groups is 2. The number of aryl methyl sites for hydroxylation is 1. The molecule has 0 bridgehead atoms. The van der Waals surface area contributed by atoms with Crippen LogP contribution in [0.2, 0.25) is 0 Å². The predicted molar refractivity (Wildman–Crippen MR) is 127 cm³/mol. The second-order valence-corrected chi connectivity index (χ2v) is 9.72. The quantitative estimate of drug-likeness (QED) is 0.321. The lowest BCUT2D eigenvalue weighted by molar-refractivity contribution is -0.137. The van der Waals surface area contributed by atoms with Gasteiger partial charge in [0.05, 0.1) is 28.5 Å². The normalized spacial score (nSPS) is 13.3. The molecule has 0 radical (unpaired) electrons. The molecule has 2 unspecified atom stereocenters. The van der Waals surface area contributed by atoms with Crippen LogP contribution in [-0.2, 0) is 16.6 Å². The molecule has 0 aliphatic carbocycles. The average molecular weight is 470 g/mol. The largest absolute Gasteiger partial charge is 0.481 e. The molecule has 2 atom stereocenters. The van der Waals surface area contributed by atoms with Gasteiger partial charge in [0.2, 0.25) is 5.91 Å². The smallest absolute Gasteiger partial charge is 0.304 e. The molecule has 32 heavy (non-hydrogen) atoms. The number of aromatic nitrogens is 4. The number of H-pyrrole nitrogens is 1. The fourth-order valence-corrected chi connectivity index (χ4v) is 6.02. The number of aromatic amines is 1. The number of rotatable bonds is 9. The van der Waals surface area contributed by atoms with E-state index in [1.807, 2.05) is 60.1 Å². The highest BCUT2D eigenvalue weighted by atomic mass is 32.2. The van der Waals surface area contributed by atoms with Gasteiger partial charge in [0, 0.05) is 31.0 Å². The van der Waals surface area contributed by atoms with E-state index in [-0.39, 0.29) is 24.0 Å². The van der Waals surface area contributed by atoms with E-state index in [1.54, 1.807) is 7.05 Å². The van der Waals surface area contributed by atoms with Gasteiger partial charge in [0.15, 0.2) is 10.3 Å². The summed E-state index contributed by atoms with van der Waals surface area (Å²) in [5.41, 5.74) is 3.54. The molecular formula is C22H23N5O3S2. The highest BCUT2D eigenvalue weighted by Gasteiger charge is 2.30. The molecule has 0 saturated carbocycles. The van der Waals surface area contributed by atoms with E-state index < -0.39 is 11.2 Å². The van der Waals surface area contributed by atoms with Crippen molar-refractivity contribution < 1.29 is 14.7 Å². The molecule has 0 fully saturated rings. The summed E-state index contributed by atoms with van der Waals surface area (Å²) in [4.78, 5) is 36.6. The van der Waals surface area contributed by atoms with Gasteiger partial charge >= 0.3 is 5.97 Å². The lowest BCUT2D eigenvalue weighted by Gasteiger charge is -2.23. The van der Waals surface area contributed by atoms with E-state index in [0.717, 1.165) is 27.2 Å². The first-order valence-electron chi connectivity index (χ1n) is 10.1. The first-order valence-corrected chi connectivity index (χ1v) is 11.8. The third-order valence-corrected chi connectivity index (χ3v) is 7.85. The summed E-state index contributed by atoms with van der Waals surface area (Å²) in [5, 5.41) is 12.9. The zero-order valence-electron chi connectivity index (χ0n) is 17.6. The Morgan fingerprint density at radius 1 is 1.03 bits per heavy atom. The second-order valence-electron chi connectivity index (χ2n) is 7.29. The van der Waals surface area contributed by atoms with Crippen LogP contribution in [0.15, 0.2) is 58.8 Å². The van der Waals surface area contributed by atoms with Crippen molar-refractivity contribution in [2.24, 2.45) is 7.05 Å². The third kappa shape index (κ3) is 4.91. The van der Waals surface area contributed by atoms with Gasteiger partial charge in [-0.25, -0.2) is 9.97 Å². The number of carboxylic acid groups (broad SMARTS) is 1. The van der Waals surface area contributed by atoms with Crippen LogP contribution in [-0.4, -0.2) is 54.0 Å². The summed E-state index contributed by atoms with van der Waals surface area (Å²) in [7, 11) is 3.50. The molecule has 2 heterocycles. The molecule has 0 aliphatic heterocycles. The number of aliphatic carboxylic acids is 1. The Morgan fingerprint density at radius 2 is 1.72 bits per heavy atom. The summed E-state index contributed by atoms with van der Waals surface area (Å²) < 4.78 is 1.97. The molecule has 8 nitrogen and oxygen atoms in total. The Morgan fingerprint density at radius 3 is 2.41 bits per heavy atom. The van der Waals surface area contributed by atoms with Crippen LogP contribution in [0.5, 0.6) is 0 Å². The standard InChI is InChI=1S/C22H23N5O3S2/c1-23-19(28)11-17(32-22-26-15-9-5-6-10-16(15)27(22)2)18(12-20(29)30)31-21-24-13-7-3-4-8-14(13)25-21/h3-10,17-18H,11-12H2,1-2H3,(H,23,28)(H,24,25)(H,29,30). The van der Waals surface area contributed by atoms with Crippen LogP contribution < -0.4 is 5.32 Å². The van der Waals surface area contributed by atoms with Crippen molar-refractivity contribution in [3.05, 3.63) is 48.5 Å². The molecule has 10 heteroatoms. The Hall–Kier alpha value is -2.98. The summed E-state index contributed by atoms with van der Waals surface area (Å²) in [5.74, 6) is -1.08. The number of carbonyl (C=O) groups excluding carboxylic acids is 1. The average Bonchev–Trinajstić information content (AvgIpc) is 3.33. The van der Waals surface area contributed by atoms with Crippen LogP contribution in [0.4, 0.5) is 0 Å². The zero-order chi connectivity index (χ0) is 22.7. The Kier molecular flexibility index (Phi) is 6.71. The lowest BCUT2D eigenvalue weighted by Crippen LogP contribution is -2.30. The summed E-state index contributed by atoms with van der Waals surface area (Å²) in [6, 6.07) is 15.4. The summed E-state index contributed by atoms with van der Waals surface area (Å²) >= 11 is 2.78. The van der Waals surface area contributed by atoms with E-state index in [4.69, 9.17) is 4.98 Å². The highest BCUT2D eigenvalue weighted by molar-refractivity contribution is 8.03. The van der Waals surface area contributed by atoms with Crippen molar-refractivity contribution in [1.29, 1.82) is 0 Å². The monoisotopic (exact) mass is 469 g/mol. The third-order valence-electron chi connectivity index (χ3n) is 5.09. The lowest BCUT2D eigenvalue weighted by atomic mass is 10.1. The molecule has 0 saturated heterocycles. The number of benzene rings is 2. The van der Waals surface area contributed by atoms with Gasteiger partial charge in [-0.1, -0.05) is 47.8 Å². The Labute approximate surface area is 193 Å². The van der Waals surface area contributed by atoms with Gasteiger partial charge < -0.3 is 20.0 Å². The van der Waals surface area contributed by atoms with Crippen molar-refractivity contribution in [2.45, 2.75) is 33.7 Å². The molecule has 2 aromatic carbocycles. The molecule has 3 N–H and O–H groups in total. The first-order chi connectivity index (χ1) is 15.4. The van der Waals surface area contributed by atoms with Crippen LogP contribution in [0.3, 0.4) is 0 Å². The molecule has 1 amide bonds. The van der Waals surface area contributed by atoms with E-state index in [2.05, 4.69) is 15.3 Å². The van der Waals surface area contributed by atoms with Gasteiger partial charge in [-0.2, -0.15) is 0 Å². The van der Waals surface area contributed by atoms with Crippen molar-refractivity contribution in [2.75, 3.05) is 7.05 Å². The molecule has 4 rings (SSSR count). The minimum Gasteiger partial charge on any atom is -0.481 e. The van der Waals surface area contributed by atoms with Crippen LogP contribution in [0, 0.1) is 0 Å². The first kappa shape index (κ1) is 22.2. The van der Waals surface area contributed by atoms with Crippen molar-refractivity contribution in [3.63, 3.8) is 0 Å². The number of hydrogen-bond donors (Lipinski definition) is 3. The van der Waals surface area contributed by atoms with Crippen LogP contribution in [0.25, 0.3) is 22.1 Å². The Bertz CT molecular complexity index is 1240. The number of carbonyl (C=O) groups is 2. The number of nitrogens with one attached hydrogen (secondary N) is 2. The number of hydrogen-bond acceptors (Lipinski definition) is 6. The second kappa shape index (κ2) is 9.66. The summed E-state index contributed by atoms with van der Waals surface area (Å²) in [6.45, 7) is 0. The number of para-hydroxylation sites is 4. The molecule has 166 valence electrons. The Balaban J connectivity index is 1.66. The molecule has 0 aliphatic rings. The maximum absolute atomic E-state index is 12.3. The van der Waals surface area contributed by atoms with E-state index in [0.29, 0.717) is 5.16 Å². The number of amides is 1. The van der Waals surface area contributed by atoms with Gasteiger partial charge in [0.1, 0.15) is 0 Å². The zero-order valence-corrected chi connectivity index (χ0v) is 19.2. The maximum Gasteiger partial charge on any atom is 0.304 e. The number of imidazole rings is 2. The van der Waals surface area contributed by atoms with Crippen LogP contribution in [0.1, 0.15) is 12.8 Å². The summed E-state index contributed by atoms with van der Waals surface area (Å²) in [6.07, 6.45) is 0.0515. The maximum atomic E-state index is 12.3. The van der Waals surface area contributed by atoms with Gasteiger partial charge in [-0.05, 0) is 24.3 Å². The van der Waals surface area contributed by atoms with Crippen molar-refractivity contribution >= 4 is 57.5 Å². The van der Waals surface area contributed by atoms with Gasteiger partial charge in [-0.15, -0.1) is 0 Å². The number of fused-ring (bicyclic) bond motifs is 2. The van der Waals surface area contributed by atoms with Crippen molar-refractivity contribution in [3.8, 4) is 0 Å². The van der Waals surface area contributed by atoms with E-state index in [1.165, 1.54) is 23.5 Å². The minimum atomic E-state index is -0.925.